The second kappa shape index (κ2) is 6.03. The highest BCUT2D eigenvalue weighted by molar-refractivity contribution is 4.86. The molecule has 2 nitrogen and oxygen atoms in total. The van der Waals surface area contributed by atoms with E-state index in [1.54, 1.807) is 0 Å². The van der Waals surface area contributed by atoms with Crippen molar-refractivity contribution in [3.05, 3.63) is 0 Å². The van der Waals surface area contributed by atoms with Gasteiger partial charge in [-0.2, -0.15) is 5.26 Å². The van der Waals surface area contributed by atoms with Crippen LogP contribution in [0, 0.1) is 17.2 Å². The average Bonchev–Trinajstić information content (AvgIpc) is 2.63. The van der Waals surface area contributed by atoms with Crippen molar-refractivity contribution in [2.45, 2.75) is 52.0 Å². The maximum Gasteiger partial charge on any atom is 0.0638 e. The van der Waals surface area contributed by atoms with Crippen LogP contribution in [0.2, 0.25) is 0 Å². The molecule has 0 aromatic heterocycles. The molecule has 0 bridgehead atoms. The number of likely N-dealkylation sites (tertiary alicyclic amines) is 1. The van der Waals surface area contributed by atoms with Crippen LogP contribution in [-0.2, 0) is 0 Å². The highest BCUT2D eigenvalue weighted by Gasteiger charge is 2.26. The molecule has 14 heavy (non-hydrogen) atoms. The van der Waals surface area contributed by atoms with Gasteiger partial charge in [0.2, 0.25) is 0 Å². The van der Waals surface area contributed by atoms with Gasteiger partial charge < -0.3 is 0 Å². The van der Waals surface area contributed by atoms with Crippen LogP contribution in [0.4, 0.5) is 0 Å². The molecule has 0 amide bonds. The van der Waals surface area contributed by atoms with Crippen LogP contribution >= 0.6 is 0 Å². The number of nitriles is 1. The Hall–Kier alpha value is -0.550. The van der Waals surface area contributed by atoms with Crippen molar-refractivity contribution >= 4 is 0 Å². The van der Waals surface area contributed by atoms with Gasteiger partial charge in [0, 0.05) is 12.6 Å². The third-order valence-electron chi connectivity index (χ3n) is 3.33. The lowest BCUT2D eigenvalue weighted by Gasteiger charge is -2.24. The summed E-state index contributed by atoms with van der Waals surface area (Å²) in [6.45, 7) is 6.89. The molecule has 1 heterocycles. The maximum atomic E-state index is 8.72. The van der Waals surface area contributed by atoms with Gasteiger partial charge in [0.05, 0.1) is 12.5 Å². The largest absolute Gasteiger partial charge is 0.299 e. The fourth-order valence-electron chi connectivity index (χ4n) is 2.48. The standard InChI is InChI=1S/C12H22N2/c1-3-5-11-7-9-14(10-11)12(4-2)6-8-13/h11-12H,3-7,9-10H2,1-2H3. The van der Waals surface area contributed by atoms with Gasteiger partial charge in [0.25, 0.3) is 0 Å². The number of hydrogen-bond donors (Lipinski definition) is 0. The van der Waals surface area contributed by atoms with Gasteiger partial charge in [-0.15, -0.1) is 0 Å². The number of nitrogens with zero attached hydrogens (tertiary/aromatic N) is 2. The average molecular weight is 194 g/mol. The summed E-state index contributed by atoms with van der Waals surface area (Å²) in [7, 11) is 0. The van der Waals surface area contributed by atoms with Gasteiger partial charge in [-0.05, 0) is 31.7 Å². The van der Waals surface area contributed by atoms with E-state index >= 15 is 0 Å². The fourth-order valence-corrected chi connectivity index (χ4v) is 2.48. The third-order valence-corrected chi connectivity index (χ3v) is 3.33. The number of rotatable bonds is 5. The molecule has 1 aliphatic rings. The van der Waals surface area contributed by atoms with Crippen molar-refractivity contribution < 1.29 is 0 Å². The molecule has 1 saturated heterocycles. The molecule has 0 radical (unpaired) electrons. The molecule has 1 fully saturated rings. The molecule has 2 heteroatoms. The first-order valence-corrected chi connectivity index (χ1v) is 5.92. The zero-order valence-corrected chi connectivity index (χ0v) is 9.50. The molecule has 0 N–H and O–H groups in total. The first-order valence-electron chi connectivity index (χ1n) is 5.92. The lowest BCUT2D eigenvalue weighted by molar-refractivity contribution is 0.229. The summed E-state index contributed by atoms with van der Waals surface area (Å²) >= 11 is 0. The molecule has 0 aromatic rings. The minimum atomic E-state index is 0.516. The Labute approximate surface area is 87.9 Å². The van der Waals surface area contributed by atoms with Crippen molar-refractivity contribution in [1.82, 2.24) is 4.90 Å². The summed E-state index contributed by atoms with van der Waals surface area (Å²) in [4.78, 5) is 2.52. The van der Waals surface area contributed by atoms with Crippen LogP contribution in [0.15, 0.2) is 0 Å². The summed E-state index contributed by atoms with van der Waals surface area (Å²) in [5.41, 5.74) is 0. The highest BCUT2D eigenvalue weighted by atomic mass is 15.2. The van der Waals surface area contributed by atoms with Gasteiger partial charge >= 0.3 is 0 Å². The Balaban J connectivity index is 2.35. The van der Waals surface area contributed by atoms with Crippen molar-refractivity contribution in [3.8, 4) is 6.07 Å². The van der Waals surface area contributed by atoms with Crippen LogP contribution in [0.1, 0.15) is 46.0 Å². The van der Waals surface area contributed by atoms with Gasteiger partial charge in [-0.3, -0.25) is 4.90 Å². The predicted molar refractivity (Wildman–Crippen MR) is 58.9 cm³/mol. The summed E-state index contributed by atoms with van der Waals surface area (Å²) in [6.07, 6.45) is 5.82. The highest BCUT2D eigenvalue weighted by Crippen LogP contribution is 2.24. The van der Waals surface area contributed by atoms with E-state index in [9.17, 15) is 0 Å². The van der Waals surface area contributed by atoms with Crippen LogP contribution in [-0.4, -0.2) is 24.0 Å². The van der Waals surface area contributed by atoms with Crippen molar-refractivity contribution in [2.24, 2.45) is 5.92 Å². The Bertz CT molecular complexity index is 195. The van der Waals surface area contributed by atoms with Crippen LogP contribution in [0.5, 0.6) is 0 Å². The summed E-state index contributed by atoms with van der Waals surface area (Å²) in [5.74, 6) is 0.896. The van der Waals surface area contributed by atoms with Crippen molar-refractivity contribution in [3.63, 3.8) is 0 Å². The topological polar surface area (TPSA) is 27.0 Å². The minimum absolute atomic E-state index is 0.516. The zero-order valence-electron chi connectivity index (χ0n) is 9.50. The van der Waals surface area contributed by atoms with E-state index in [1.807, 2.05) is 0 Å². The SMILES string of the molecule is CCCC1CCN(C(CC)CC#N)C1. The third kappa shape index (κ3) is 2.99. The van der Waals surface area contributed by atoms with E-state index in [-0.39, 0.29) is 0 Å². The zero-order chi connectivity index (χ0) is 10.4. The molecule has 0 aromatic carbocycles. The van der Waals surface area contributed by atoms with E-state index in [4.69, 9.17) is 5.26 Å². The van der Waals surface area contributed by atoms with E-state index < -0.39 is 0 Å². The van der Waals surface area contributed by atoms with E-state index in [2.05, 4.69) is 24.8 Å². The van der Waals surface area contributed by atoms with Gasteiger partial charge in [0.1, 0.15) is 0 Å². The van der Waals surface area contributed by atoms with E-state index in [0.717, 1.165) is 12.3 Å². The molecule has 1 aliphatic heterocycles. The maximum absolute atomic E-state index is 8.72. The molecular formula is C12H22N2. The first kappa shape index (κ1) is 11.5. The first-order chi connectivity index (χ1) is 6.81. The van der Waals surface area contributed by atoms with Crippen LogP contribution in [0.25, 0.3) is 0 Å². The van der Waals surface area contributed by atoms with Gasteiger partial charge in [0.15, 0.2) is 0 Å². The molecule has 0 spiro atoms. The van der Waals surface area contributed by atoms with E-state index in [0.29, 0.717) is 12.5 Å². The fraction of sp³-hybridized carbons (Fsp3) is 0.917. The summed E-state index contributed by atoms with van der Waals surface area (Å²) in [5, 5.41) is 8.72. The molecule has 80 valence electrons. The molecule has 0 saturated carbocycles. The molecule has 0 aliphatic carbocycles. The molecular weight excluding hydrogens is 172 g/mol. The molecule has 2 atom stereocenters. The predicted octanol–water partition coefficient (Wildman–Crippen LogP) is 2.80. The van der Waals surface area contributed by atoms with Crippen LogP contribution in [0.3, 0.4) is 0 Å². The molecule has 2 unspecified atom stereocenters. The van der Waals surface area contributed by atoms with Crippen molar-refractivity contribution in [2.75, 3.05) is 13.1 Å². The summed E-state index contributed by atoms with van der Waals surface area (Å²) in [6, 6.07) is 2.82. The lowest BCUT2D eigenvalue weighted by Crippen LogP contribution is -2.32. The Kier molecular flexibility index (Phi) is 4.97. The normalized spacial score (nSPS) is 24.8. The Morgan fingerprint density at radius 2 is 2.29 bits per heavy atom. The van der Waals surface area contributed by atoms with Gasteiger partial charge in [-0.1, -0.05) is 20.3 Å². The monoisotopic (exact) mass is 194 g/mol. The quantitative estimate of drug-likeness (QED) is 0.673. The minimum Gasteiger partial charge on any atom is -0.299 e. The Morgan fingerprint density at radius 1 is 1.50 bits per heavy atom. The van der Waals surface area contributed by atoms with E-state index in [1.165, 1.54) is 32.4 Å². The van der Waals surface area contributed by atoms with Crippen LogP contribution < -0.4 is 0 Å². The second-order valence-electron chi connectivity index (χ2n) is 4.36. The number of hydrogen-bond acceptors (Lipinski definition) is 2. The molecule has 1 rings (SSSR count). The lowest BCUT2D eigenvalue weighted by atomic mass is 10.0. The Morgan fingerprint density at radius 3 is 2.86 bits per heavy atom. The van der Waals surface area contributed by atoms with Crippen molar-refractivity contribution in [1.29, 1.82) is 5.26 Å². The second-order valence-corrected chi connectivity index (χ2v) is 4.36. The van der Waals surface area contributed by atoms with Gasteiger partial charge in [-0.25, -0.2) is 0 Å². The smallest absolute Gasteiger partial charge is 0.0638 e. The summed E-state index contributed by atoms with van der Waals surface area (Å²) < 4.78 is 0.